The van der Waals surface area contributed by atoms with Gasteiger partial charge in [-0.3, -0.25) is 14.6 Å². The Bertz CT molecular complexity index is 750. The van der Waals surface area contributed by atoms with Crippen molar-refractivity contribution in [2.45, 2.75) is 0 Å². The molecule has 0 bridgehead atoms. The second kappa shape index (κ2) is 6.78. The van der Waals surface area contributed by atoms with Crippen LogP contribution in [0.4, 0.5) is 11.4 Å². The van der Waals surface area contributed by atoms with Gasteiger partial charge in [-0.1, -0.05) is 12.1 Å². The first kappa shape index (κ1) is 15.5. The first-order chi connectivity index (χ1) is 11.1. The van der Waals surface area contributed by atoms with Crippen LogP contribution in [0.15, 0.2) is 47.2 Å². The van der Waals surface area contributed by atoms with Crippen LogP contribution in [-0.2, 0) is 4.79 Å². The molecule has 2 N–H and O–H groups in total. The summed E-state index contributed by atoms with van der Waals surface area (Å²) in [6.45, 7) is 1.58. The van der Waals surface area contributed by atoms with Gasteiger partial charge in [0, 0.05) is 30.0 Å². The number of rotatable bonds is 3. The molecule has 1 saturated heterocycles. The van der Waals surface area contributed by atoms with E-state index in [0.29, 0.717) is 24.3 Å². The van der Waals surface area contributed by atoms with E-state index in [1.165, 1.54) is 6.20 Å². The second-order valence-electron chi connectivity index (χ2n) is 5.13. The van der Waals surface area contributed by atoms with Gasteiger partial charge in [0.05, 0.1) is 23.5 Å². The Kier molecular flexibility index (Phi) is 4.57. The van der Waals surface area contributed by atoms with E-state index in [4.69, 9.17) is 0 Å². The zero-order chi connectivity index (χ0) is 16.2. The second-order valence-corrected chi connectivity index (χ2v) is 6.05. The van der Waals surface area contributed by atoms with Crippen LogP contribution in [0.5, 0.6) is 0 Å². The quantitative estimate of drug-likeness (QED) is 0.861. The molecule has 3 rings (SSSR count). The van der Waals surface area contributed by atoms with E-state index >= 15 is 0 Å². The fraction of sp³-hybridized carbons (Fsp3) is 0.188. The number of pyridine rings is 1. The highest BCUT2D eigenvalue weighted by atomic mass is 79.9. The highest BCUT2D eigenvalue weighted by molar-refractivity contribution is 9.10. The van der Waals surface area contributed by atoms with Crippen LogP contribution in [0.25, 0.3) is 0 Å². The summed E-state index contributed by atoms with van der Waals surface area (Å²) in [6.07, 6.45) is 3.13. The number of hydrogen-bond donors (Lipinski definition) is 2. The minimum atomic E-state index is -0.243. The summed E-state index contributed by atoms with van der Waals surface area (Å²) >= 11 is 3.30. The van der Waals surface area contributed by atoms with Crippen molar-refractivity contribution in [1.82, 2.24) is 10.3 Å². The Morgan fingerprint density at radius 1 is 1.30 bits per heavy atom. The number of aromatic nitrogens is 1. The molecule has 1 aliphatic rings. The zero-order valence-corrected chi connectivity index (χ0v) is 13.8. The molecule has 0 aliphatic carbocycles. The Labute approximate surface area is 142 Å². The maximum Gasteiger partial charge on any atom is 0.257 e. The molecule has 1 aliphatic heterocycles. The van der Waals surface area contributed by atoms with Crippen LogP contribution >= 0.6 is 15.9 Å². The fourth-order valence-corrected chi connectivity index (χ4v) is 2.79. The number of nitrogens with one attached hydrogen (secondary N) is 2. The Balaban J connectivity index is 1.83. The molecule has 7 heteroatoms. The van der Waals surface area contributed by atoms with Crippen LogP contribution in [-0.4, -0.2) is 36.4 Å². The number of benzene rings is 1. The lowest BCUT2D eigenvalue weighted by atomic mass is 10.2. The highest BCUT2D eigenvalue weighted by Gasteiger charge is 2.19. The predicted octanol–water partition coefficient (Wildman–Crippen LogP) is 2.03. The molecule has 2 aromatic rings. The summed E-state index contributed by atoms with van der Waals surface area (Å²) in [7, 11) is 0. The van der Waals surface area contributed by atoms with Crippen molar-refractivity contribution in [2.75, 3.05) is 29.9 Å². The number of para-hydroxylation sites is 2. The van der Waals surface area contributed by atoms with Gasteiger partial charge in [-0.15, -0.1) is 0 Å². The lowest BCUT2D eigenvalue weighted by Gasteiger charge is -2.30. The SMILES string of the molecule is O=C1CN(c2ccccc2NC(=O)c2cncc(Br)c2)CCN1. The van der Waals surface area contributed by atoms with E-state index in [9.17, 15) is 9.59 Å². The van der Waals surface area contributed by atoms with Gasteiger partial charge in [-0.05, 0) is 34.1 Å². The van der Waals surface area contributed by atoms with Gasteiger partial charge in [0.15, 0.2) is 0 Å². The summed E-state index contributed by atoms with van der Waals surface area (Å²) in [4.78, 5) is 29.9. The van der Waals surface area contributed by atoms with Gasteiger partial charge in [-0.2, -0.15) is 0 Å². The Hall–Kier alpha value is -2.41. The molecule has 1 fully saturated rings. The third-order valence-corrected chi connectivity index (χ3v) is 3.93. The molecule has 0 radical (unpaired) electrons. The predicted molar refractivity (Wildman–Crippen MR) is 91.6 cm³/mol. The molecule has 6 nitrogen and oxygen atoms in total. The number of carbonyl (C=O) groups is 2. The van der Waals surface area contributed by atoms with Crippen molar-refractivity contribution >= 4 is 39.1 Å². The van der Waals surface area contributed by atoms with E-state index in [0.717, 1.165) is 10.2 Å². The third kappa shape index (κ3) is 3.68. The summed E-state index contributed by atoms with van der Waals surface area (Å²) in [6, 6.07) is 9.16. The molecule has 0 atom stereocenters. The number of piperazine rings is 1. The average molecular weight is 375 g/mol. The first-order valence-corrected chi connectivity index (χ1v) is 7.95. The van der Waals surface area contributed by atoms with E-state index in [-0.39, 0.29) is 18.4 Å². The molecule has 0 saturated carbocycles. The van der Waals surface area contributed by atoms with Crippen molar-refractivity contribution in [1.29, 1.82) is 0 Å². The van der Waals surface area contributed by atoms with Crippen LogP contribution in [0.2, 0.25) is 0 Å². The van der Waals surface area contributed by atoms with Crippen molar-refractivity contribution in [3.05, 3.63) is 52.8 Å². The Morgan fingerprint density at radius 3 is 2.91 bits per heavy atom. The van der Waals surface area contributed by atoms with Crippen molar-refractivity contribution in [3.8, 4) is 0 Å². The van der Waals surface area contributed by atoms with Crippen LogP contribution in [0.1, 0.15) is 10.4 Å². The molecule has 1 aromatic carbocycles. The summed E-state index contributed by atoms with van der Waals surface area (Å²) in [5, 5.41) is 5.69. The van der Waals surface area contributed by atoms with E-state index in [1.807, 2.05) is 29.2 Å². The standard InChI is InChI=1S/C16H15BrN4O2/c17-12-7-11(8-18-9-12)16(23)20-13-3-1-2-4-14(13)21-6-5-19-15(22)10-21/h1-4,7-9H,5-6,10H2,(H,19,22)(H,20,23). The molecule has 23 heavy (non-hydrogen) atoms. The molecule has 2 heterocycles. The Morgan fingerprint density at radius 2 is 2.13 bits per heavy atom. The van der Waals surface area contributed by atoms with E-state index in [2.05, 4.69) is 31.5 Å². The maximum absolute atomic E-state index is 12.4. The number of carbonyl (C=O) groups excluding carboxylic acids is 2. The van der Waals surface area contributed by atoms with Crippen molar-refractivity contribution < 1.29 is 9.59 Å². The lowest BCUT2D eigenvalue weighted by Crippen LogP contribution is -2.47. The topological polar surface area (TPSA) is 74.3 Å². The minimum Gasteiger partial charge on any atom is -0.359 e. The number of hydrogen-bond acceptors (Lipinski definition) is 4. The van der Waals surface area contributed by atoms with Gasteiger partial charge in [0.25, 0.3) is 5.91 Å². The maximum atomic E-state index is 12.4. The molecule has 2 amide bonds. The largest absolute Gasteiger partial charge is 0.359 e. The summed E-state index contributed by atoms with van der Waals surface area (Å²) < 4.78 is 0.742. The summed E-state index contributed by atoms with van der Waals surface area (Å²) in [5.41, 5.74) is 1.97. The molecule has 0 spiro atoms. The molecular formula is C16H15BrN4O2. The van der Waals surface area contributed by atoms with Gasteiger partial charge in [0.1, 0.15) is 0 Å². The van der Waals surface area contributed by atoms with Crippen LogP contribution < -0.4 is 15.5 Å². The number of amides is 2. The number of halogens is 1. The first-order valence-electron chi connectivity index (χ1n) is 7.16. The smallest absolute Gasteiger partial charge is 0.257 e. The average Bonchev–Trinajstić information content (AvgIpc) is 2.55. The van der Waals surface area contributed by atoms with Crippen molar-refractivity contribution in [3.63, 3.8) is 0 Å². The lowest BCUT2D eigenvalue weighted by molar-refractivity contribution is -0.120. The van der Waals surface area contributed by atoms with Gasteiger partial charge < -0.3 is 15.5 Å². The molecular weight excluding hydrogens is 360 g/mol. The van der Waals surface area contributed by atoms with Crippen molar-refractivity contribution in [2.24, 2.45) is 0 Å². The fourth-order valence-electron chi connectivity index (χ4n) is 2.43. The third-order valence-electron chi connectivity index (χ3n) is 3.50. The molecule has 118 valence electrons. The number of nitrogens with zero attached hydrogens (tertiary/aromatic N) is 2. The van der Waals surface area contributed by atoms with Gasteiger partial charge in [0.2, 0.25) is 5.91 Å². The van der Waals surface area contributed by atoms with Gasteiger partial charge >= 0.3 is 0 Å². The van der Waals surface area contributed by atoms with Crippen LogP contribution in [0, 0.1) is 0 Å². The zero-order valence-electron chi connectivity index (χ0n) is 12.3. The molecule has 1 aromatic heterocycles. The van der Waals surface area contributed by atoms with Crippen LogP contribution in [0.3, 0.4) is 0 Å². The highest BCUT2D eigenvalue weighted by Crippen LogP contribution is 2.26. The number of anilines is 2. The van der Waals surface area contributed by atoms with E-state index < -0.39 is 0 Å². The monoisotopic (exact) mass is 374 g/mol. The minimum absolute atomic E-state index is 0.0198. The van der Waals surface area contributed by atoms with E-state index in [1.54, 1.807) is 12.3 Å². The normalized spacial score (nSPS) is 14.3. The molecule has 0 unspecified atom stereocenters. The summed E-state index contributed by atoms with van der Waals surface area (Å²) in [5.74, 6) is -0.263. The van der Waals surface area contributed by atoms with Gasteiger partial charge in [-0.25, -0.2) is 0 Å².